The number of fused-ring (bicyclic) bond motifs is 1. The van der Waals surface area contributed by atoms with Crippen LogP contribution in [-0.2, 0) is 12.7 Å². The van der Waals surface area contributed by atoms with Crippen LogP contribution in [0.3, 0.4) is 0 Å². The Morgan fingerprint density at radius 1 is 1.06 bits per heavy atom. The van der Waals surface area contributed by atoms with Crippen molar-refractivity contribution in [1.82, 2.24) is 9.55 Å². The van der Waals surface area contributed by atoms with Crippen LogP contribution >= 0.6 is 0 Å². The number of rotatable bonds is 3. The maximum absolute atomic E-state index is 14.5. The third-order valence-corrected chi connectivity index (χ3v) is 4.72. The number of halogens is 5. The summed E-state index contributed by atoms with van der Waals surface area (Å²) in [6.07, 6.45) is -2.23. The van der Waals surface area contributed by atoms with Crippen molar-refractivity contribution in [3.8, 4) is 17.0 Å². The highest BCUT2D eigenvalue weighted by molar-refractivity contribution is 5.69. The van der Waals surface area contributed by atoms with Crippen molar-refractivity contribution in [1.29, 1.82) is 0 Å². The average molecular weight is 434 g/mol. The van der Waals surface area contributed by atoms with E-state index in [-0.39, 0.29) is 12.2 Å². The van der Waals surface area contributed by atoms with Gasteiger partial charge in [0.15, 0.2) is 5.56 Å². The van der Waals surface area contributed by atoms with Gasteiger partial charge in [-0.1, -0.05) is 6.07 Å². The Balaban J connectivity index is 2.02. The van der Waals surface area contributed by atoms with Gasteiger partial charge in [-0.25, -0.2) is 14.2 Å². The Kier molecular flexibility index (Phi) is 4.92. The molecule has 0 saturated heterocycles. The van der Waals surface area contributed by atoms with E-state index in [1.165, 1.54) is 35.2 Å². The summed E-state index contributed by atoms with van der Waals surface area (Å²) < 4.78 is 69.4. The van der Waals surface area contributed by atoms with Crippen molar-refractivity contribution in [2.45, 2.75) is 12.7 Å². The van der Waals surface area contributed by atoms with E-state index in [1.807, 2.05) is 0 Å². The molecule has 10 heteroatoms. The molecule has 0 saturated carbocycles. The van der Waals surface area contributed by atoms with Gasteiger partial charge in [-0.05, 0) is 36.4 Å². The highest BCUT2D eigenvalue weighted by Crippen LogP contribution is 2.35. The van der Waals surface area contributed by atoms with Crippen LogP contribution in [0.15, 0.2) is 65.7 Å². The first kappa shape index (κ1) is 20.5. The molecule has 0 aliphatic rings. The van der Waals surface area contributed by atoms with Crippen LogP contribution in [-0.4, -0.2) is 14.7 Å². The number of benzene rings is 1. The molecule has 3 aromatic heterocycles. The second-order valence-electron chi connectivity index (χ2n) is 6.70. The average Bonchev–Trinajstić information content (AvgIpc) is 2.73. The van der Waals surface area contributed by atoms with Crippen LogP contribution in [0, 0.1) is 11.8 Å². The van der Waals surface area contributed by atoms with Crippen LogP contribution in [0.2, 0.25) is 0 Å². The van der Waals surface area contributed by atoms with Crippen molar-refractivity contribution in [2.24, 2.45) is 0 Å². The fourth-order valence-corrected chi connectivity index (χ4v) is 3.25. The maximum Gasteiger partial charge on any atom is 0.416 e. The Morgan fingerprint density at radius 2 is 1.84 bits per heavy atom. The predicted molar refractivity (Wildman–Crippen MR) is 99.2 cm³/mol. The van der Waals surface area contributed by atoms with E-state index in [4.69, 9.17) is 0 Å². The minimum absolute atomic E-state index is 0.111. The molecule has 31 heavy (non-hydrogen) atoms. The zero-order valence-electron chi connectivity index (χ0n) is 15.6. The fourth-order valence-electron chi connectivity index (χ4n) is 3.25. The summed E-state index contributed by atoms with van der Waals surface area (Å²) in [7, 11) is 0. The molecule has 1 N–H and O–H groups in total. The number of hydrogen-bond acceptors (Lipinski definition) is 3. The van der Waals surface area contributed by atoms with E-state index in [1.54, 1.807) is 6.07 Å². The van der Waals surface area contributed by atoms with Gasteiger partial charge < -0.3 is 5.11 Å². The number of nitrogens with zero attached hydrogens (tertiary/aromatic N) is 3. The van der Waals surface area contributed by atoms with E-state index in [0.717, 1.165) is 10.5 Å². The minimum atomic E-state index is -4.78. The quantitative estimate of drug-likeness (QED) is 0.304. The van der Waals surface area contributed by atoms with Crippen molar-refractivity contribution < 1.29 is 31.5 Å². The van der Waals surface area contributed by atoms with Gasteiger partial charge in [-0.15, -0.1) is 0 Å². The van der Waals surface area contributed by atoms with Crippen molar-refractivity contribution in [3.63, 3.8) is 0 Å². The van der Waals surface area contributed by atoms with Gasteiger partial charge in [-0.3, -0.25) is 0 Å². The Morgan fingerprint density at radius 3 is 2.52 bits per heavy atom. The summed E-state index contributed by atoms with van der Waals surface area (Å²) in [4.78, 5) is 16.5. The predicted octanol–water partition coefficient (Wildman–Crippen LogP) is 3.70. The molecule has 158 valence electrons. The summed E-state index contributed by atoms with van der Waals surface area (Å²) in [5.41, 5.74) is -2.79. The molecule has 0 aliphatic heterocycles. The van der Waals surface area contributed by atoms with Gasteiger partial charge in [0, 0.05) is 23.4 Å². The maximum atomic E-state index is 14.5. The lowest BCUT2D eigenvalue weighted by Gasteiger charge is -2.12. The lowest BCUT2D eigenvalue weighted by molar-refractivity contribution is -0.532. The monoisotopic (exact) mass is 434 g/mol. The number of pyridine rings is 2. The van der Waals surface area contributed by atoms with Gasteiger partial charge >= 0.3 is 11.7 Å². The second-order valence-corrected chi connectivity index (χ2v) is 6.70. The van der Waals surface area contributed by atoms with Gasteiger partial charge in [0.1, 0.15) is 12.4 Å². The highest BCUT2D eigenvalue weighted by Gasteiger charge is 2.33. The lowest BCUT2D eigenvalue weighted by atomic mass is 10.0. The Bertz CT molecular complexity index is 1350. The van der Waals surface area contributed by atoms with Crippen molar-refractivity contribution in [3.05, 3.63) is 94.2 Å². The summed E-state index contributed by atoms with van der Waals surface area (Å²) in [6, 6.07) is 8.67. The van der Waals surface area contributed by atoms with E-state index < -0.39 is 46.1 Å². The molecule has 5 nitrogen and oxygen atoms in total. The first-order valence-electron chi connectivity index (χ1n) is 8.90. The van der Waals surface area contributed by atoms with Crippen molar-refractivity contribution in [2.75, 3.05) is 0 Å². The minimum Gasteiger partial charge on any atom is -0.477 e. The topological polar surface area (TPSA) is 59.2 Å². The number of hydrogen-bond donors (Lipinski definition) is 1. The third kappa shape index (κ3) is 3.72. The summed E-state index contributed by atoms with van der Waals surface area (Å²) in [6.45, 7) is -0.111. The molecule has 0 bridgehead atoms. The highest BCUT2D eigenvalue weighted by atomic mass is 19.4. The first-order chi connectivity index (χ1) is 14.7. The van der Waals surface area contributed by atoms with E-state index in [0.29, 0.717) is 23.8 Å². The molecule has 0 atom stereocenters. The fraction of sp³-hybridized carbons (Fsp3) is 0.0952. The molecule has 3 heterocycles. The Labute approximate surface area is 171 Å². The third-order valence-electron chi connectivity index (χ3n) is 4.72. The molecular formula is C21H13F5N3O2+. The molecule has 1 aromatic carbocycles. The SMILES string of the molecule is O=c1c(-c2cc(C(F)(F)F)ccc2F)c(O)n(Cc2ccc(F)nc2)c2cccc[n+]12. The lowest BCUT2D eigenvalue weighted by Crippen LogP contribution is -2.43. The van der Waals surface area contributed by atoms with Crippen molar-refractivity contribution >= 4 is 5.65 Å². The molecule has 4 rings (SSSR count). The normalized spacial score (nSPS) is 11.8. The molecule has 0 radical (unpaired) electrons. The number of aromatic nitrogens is 3. The molecular weight excluding hydrogens is 421 g/mol. The van der Waals surface area contributed by atoms with Crippen LogP contribution in [0.5, 0.6) is 5.88 Å². The van der Waals surface area contributed by atoms with Gasteiger partial charge in [0.25, 0.3) is 11.5 Å². The first-order valence-corrected chi connectivity index (χ1v) is 8.90. The number of alkyl halides is 3. The van der Waals surface area contributed by atoms with Gasteiger partial charge in [0.2, 0.25) is 5.95 Å². The second kappa shape index (κ2) is 7.46. The van der Waals surface area contributed by atoms with Crippen LogP contribution in [0.25, 0.3) is 16.8 Å². The van der Waals surface area contributed by atoms with E-state index in [2.05, 4.69) is 4.98 Å². The van der Waals surface area contributed by atoms with Gasteiger partial charge in [-0.2, -0.15) is 26.5 Å². The summed E-state index contributed by atoms with van der Waals surface area (Å²) >= 11 is 0. The zero-order valence-corrected chi connectivity index (χ0v) is 15.6. The van der Waals surface area contributed by atoms with Gasteiger partial charge in [0.05, 0.1) is 11.8 Å². The van der Waals surface area contributed by atoms with E-state index >= 15 is 0 Å². The molecule has 0 spiro atoms. The zero-order chi connectivity index (χ0) is 22.3. The molecule has 4 aromatic rings. The summed E-state index contributed by atoms with van der Waals surface area (Å²) in [5.74, 6) is -2.57. The van der Waals surface area contributed by atoms with Crippen LogP contribution < -0.4 is 9.96 Å². The van der Waals surface area contributed by atoms with E-state index in [9.17, 15) is 31.9 Å². The van der Waals surface area contributed by atoms with Crippen LogP contribution in [0.4, 0.5) is 22.0 Å². The Hall–Kier alpha value is -3.82. The standard InChI is InChI=1S/C21H12F5N3O2/c22-15-6-5-13(21(24,25)26)9-14(15)18-19(30)28-8-2-1-3-17(28)29(20(18)31)11-12-4-7-16(23)27-10-12/h1-10H,11H2/p+1. The molecule has 0 aliphatic carbocycles. The molecule has 0 unspecified atom stereocenters. The number of aromatic hydroxyl groups is 1. The summed E-state index contributed by atoms with van der Waals surface area (Å²) in [5, 5.41) is 10.9. The molecule has 0 amide bonds. The molecule has 0 fully saturated rings. The van der Waals surface area contributed by atoms with Crippen LogP contribution in [0.1, 0.15) is 11.1 Å². The largest absolute Gasteiger partial charge is 0.477 e. The smallest absolute Gasteiger partial charge is 0.416 e.